The van der Waals surface area contributed by atoms with Gasteiger partial charge in [-0.25, -0.2) is 13.6 Å². The number of carboxylic acids is 1. The fraction of sp³-hybridized carbons (Fsp3) is 0.167. The van der Waals surface area contributed by atoms with Crippen molar-refractivity contribution in [1.82, 2.24) is 4.57 Å². The van der Waals surface area contributed by atoms with Gasteiger partial charge >= 0.3 is 12.1 Å². The highest BCUT2D eigenvalue weighted by molar-refractivity contribution is 5.93. The lowest BCUT2D eigenvalue weighted by Crippen LogP contribution is -2.28. The largest absolute Gasteiger partial charge is 0.477 e. The van der Waals surface area contributed by atoms with E-state index >= 15 is 0 Å². The number of alkyl halides is 3. The summed E-state index contributed by atoms with van der Waals surface area (Å²) in [7, 11) is 0. The maximum absolute atomic E-state index is 13.9. The average molecular weight is 325 g/mol. The third-order valence-corrected chi connectivity index (χ3v) is 2.81. The Morgan fingerprint density at radius 1 is 1.18 bits per heavy atom. The number of nitrogens with zero attached hydrogens (tertiary/aromatic N) is 1. The number of halogens is 6. The Morgan fingerprint density at radius 2 is 1.77 bits per heavy atom. The molecule has 0 atom stereocenters. The van der Waals surface area contributed by atoms with E-state index in [1.807, 2.05) is 0 Å². The molecule has 1 heterocycles. The van der Waals surface area contributed by atoms with Crippen molar-refractivity contribution in [2.24, 2.45) is 0 Å². The fourth-order valence-electron chi connectivity index (χ4n) is 1.96. The quantitative estimate of drug-likeness (QED) is 0.682. The molecular formula is C12H5F6NO3. The Hall–Kier alpha value is -2.52. The SMILES string of the molecule is O=C(O)c1c(F)n(CC(F)(F)F)c2ccc(F)c(F)c2c1=O. The summed E-state index contributed by atoms with van der Waals surface area (Å²) in [5, 5.41) is 7.48. The van der Waals surface area contributed by atoms with Gasteiger partial charge in [-0.2, -0.15) is 17.6 Å². The first-order chi connectivity index (χ1) is 10.0. The lowest BCUT2D eigenvalue weighted by molar-refractivity contribution is -0.141. The van der Waals surface area contributed by atoms with E-state index in [4.69, 9.17) is 5.11 Å². The number of pyridine rings is 1. The van der Waals surface area contributed by atoms with E-state index in [1.54, 1.807) is 0 Å². The number of fused-ring (bicyclic) bond motifs is 1. The third kappa shape index (κ3) is 2.51. The van der Waals surface area contributed by atoms with Crippen molar-refractivity contribution in [3.63, 3.8) is 0 Å². The normalized spacial score (nSPS) is 11.9. The molecule has 0 spiro atoms. The number of hydrogen-bond acceptors (Lipinski definition) is 2. The van der Waals surface area contributed by atoms with Crippen molar-refractivity contribution in [3.05, 3.63) is 45.5 Å². The van der Waals surface area contributed by atoms with Crippen LogP contribution in [0.2, 0.25) is 0 Å². The molecule has 0 aliphatic carbocycles. The van der Waals surface area contributed by atoms with Crippen LogP contribution in [0.5, 0.6) is 0 Å². The molecule has 0 fully saturated rings. The van der Waals surface area contributed by atoms with Crippen LogP contribution in [0.1, 0.15) is 10.4 Å². The van der Waals surface area contributed by atoms with Crippen molar-refractivity contribution >= 4 is 16.9 Å². The monoisotopic (exact) mass is 325 g/mol. The van der Waals surface area contributed by atoms with Gasteiger partial charge in [0.2, 0.25) is 11.4 Å². The van der Waals surface area contributed by atoms with Gasteiger partial charge in [0.05, 0.1) is 10.9 Å². The molecule has 1 aromatic carbocycles. The molecule has 22 heavy (non-hydrogen) atoms. The van der Waals surface area contributed by atoms with Crippen molar-refractivity contribution in [2.75, 3.05) is 0 Å². The van der Waals surface area contributed by atoms with Crippen molar-refractivity contribution in [1.29, 1.82) is 0 Å². The summed E-state index contributed by atoms with van der Waals surface area (Å²) >= 11 is 0. The lowest BCUT2D eigenvalue weighted by Gasteiger charge is -2.16. The molecule has 1 N–H and O–H groups in total. The second-order valence-electron chi connectivity index (χ2n) is 4.26. The van der Waals surface area contributed by atoms with E-state index in [2.05, 4.69) is 0 Å². The van der Waals surface area contributed by atoms with E-state index in [-0.39, 0.29) is 4.57 Å². The molecular weight excluding hydrogens is 320 g/mol. The zero-order chi connectivity index (χ0) is 16.8. The van der Waals surface area contributed by atoms with Crippen LogP contribution in [-0.2, 0) is 6.54 Å². The predicted molar refractivity (Wildman–Crippen MR) is 61.1 cm³/mol. The molecule has 2 aromatic rings. The molecule has 0 amide bonds. The summed E-state index contributed by atoms with van der Waals surface area (Å²) < 4.78 is 78.0. The standard InChI is InChI=1S/C12H5F6NO3/c13-4-1-2-5-6(8(4)14)9(20)7(11(21)22)10(15)19(5)3-12(16,17)18/h1-2H,3H2,(H,21,22). The Kier molecular flexibility index (Phi) is 3.63. The molecule has 4 nitrogen and oxygen atoms in total. The third-order valence-electron chi connectivity index (χ3n) is 2.81. The summed E-state index contributed by atoms with van der Waals surface area (Å²) in [4.78, 5) is 22.6. The maximum Gasteiger partial charge on any atom is 0.406 e. The first kappa shape index (κ1) is 15.9. The highest BCUT2D eigenvalue weighted by Crippen LogP contribution is 2.25. The number of rotatable bonds is 2. The van der Waals surface area contributed by atoms with Crippen LogP contribution >= 0.6 is 0 Å². The summed E-state index contributed by atoms with van der Waals surface area (Å²) in [6.07, 6.45) is -4.98. The number of carboxylic acid groups (broad SMARTS) is 1. The zero-order valence-electron chi connectivity index (χ0n) is 10.3. The number of aromatic carboxylic acids is 1. The first-order valence-electron chi connectivity index (χ1n) is 5.54. The minimum absolute atomic E-state index is 0.233. The molecule has 10 heteroatoms. The summed E-state index contributed by atoms with van der Waals surface area (Å²) in [5.41, 5.74) is -4.33. The Labute approximate surface area is 117 Å². The topological polar surface area (TPSA) is 59.3 Å². The molecule has 0 saturated heterocycles. The van der Waals surface area contributed by atoms with Crippen LogP contribution in [0.3, 0.4) is 0 Å². The zero-order valence-corrected chi connectivity index (χ0v) is 10.3. The van der Waals surface area contributed by atoms with Gasteiger partial charge in [-0.1, -0.05) is 0 Å². The highest BCUT2D eigenvalue weighted by atomic mass is 19.4. The van der Waals surface area contributed by atoms with Crippen LogP contribution in [0.4, 0.5) is 26.3 Å². The van der Waals surface area contributed by atoms with Crippen LogP contribution in [-0.4, -0.2) is 21.8 Å². The first-order valence-corrected chi connectivity index (χ1v) is 5.54. The molecule has 0 unspecified atom stereocenters. The Balaban J connectivity index is 3.03. The van der Waals surface area contributed by atoms with Gasteiger partial charge in [0.1, 0.15) is 6.54 Å². The van der Waals surface area contributed by atoms with E-state index in [0.29, 0.717) is 12.1 Å². The van der Waals surface area contributed by atoms with Gasteiger partial charge in [-0.3, -0.25) is 4.79 Å². The maximum atomic E-state index is 13.9. The minimum Gasteiger partial charge on any atom is -0.477 e. The number of carbonyl (C=O) groups is 1. The molecule has 0 aliphatic rings. The van der Waals surface area contributed by atoms with Gasteiger partial charge in [0.15, 0.2) is 17.2 Å². The van der Waals surface area contributed by atoms with Gasteiger partial charge in [0, 0.05) is 0 Å². The van der Waals surface area contributed by atoms with Crippen LogP contribution in [0.25, 0.3) is 10.9 Å². The summed E-state index contributed by atoms with van der Waals surface area (Å²) in [5.74, 6) is -7.61. The second-order valence-corrected chi connectivity index (χ2v) is 4.26. The minimum atomic E-state index is -4.98. The number of benzene rings is 1. The van der Waals surface area contributed by atoms with Gasteiger partial charge < -0.3 is 9.67 Å². The predicted octanol–water partition coefficient (Wildman–Crippen LogP) is 2.68. The van der Waals surface area contributed by atoms with Crippen molar-refractivity contribution in [3.8, 4) is 0 Å². The molecule has 118 valence electrons. The van der Waals surface area contributed by atoms with Crippen molar-refractivity contribution in [2.45, 2.75) is 12.7 Å². The Morgan fingerprint density at radius 3 is 2.27 bits per heavy atom. The van der Waals surface area contributed by atoms with E-state index in [9.17, 15) is 35.9 Å². The molecule has 0 aliphatic heterocycles. The molecule has 1 aromatic heterocycles. The van der Waals surface area contributed by atoms with Crippen molar-refractivity contribution < 1.29 is 36.2 Å². The van der Waals surface area contributed by atoms with Crippen LogP contribution in [0, 0.1) is 17.6 Å². The average Bonchev–Trinajstić information content (AvgIpc) is 2.36. The van der Waals surface area contributed by atoms with Gasteiger partial charge in [-0.05, 0) is 12.1 Å². The van der Waals surface area contributed by atoms with Gasteiger partial charge in [0.25, 0.3) is 0 Å². The second kappa shape index (κ2) is 5.04. The molecule has 0 radical (unpaired) electrons. The van der Waals surface area contributed by atoms with Crippen LogP contribution < -0.4 is 5.43 Å². The van der Waals surface area contributed by atoms with E-state index in [1.165, 1.54) is 0 Å². The summed E-state index contributed by atoms with van der Waals surface area (Å²) in [6.45, 7) is -2.01. The van der Waals surface area contributed by atoms with Crippen LogP contribution in [0.15, 0.2) is 16.9 Å². The van der Waals surface area contributed by atoms with E-state index < -0.39 is 58.2 Å². The highest BCUT2D eigenvalue weighted by Gasteiger charge is 2.33. The molecule has 0 saturated carbocycles. The summed E-state index contributed by atoms with van der Waals surface area (Å²) in [6, 6.07) is 0.972. The fourth-order valence-corrected chi connectivity index (χ4v) is 1.96. The Bertz CT molecular complexity index is 840. The molecule has 2 rings (SSSR count). The van der Waals surface area contributed by atoms with Gasteiger partial charge in [-0.15, -0.1) is 0 Å². The van der Waals surface area contributed by atoms with E-state index in [0.717, 1.165) is 0 Å². The lowest BCUT2D eigenvalue weighted by atomic mass is 10.1. The molecule has 0 bridgehead atoms. The smallest absolute Gasteiger partial charge is 0.406 e. The number of hydrogen-bond donors (Lipinski definition) is 1. The number of aromatic nitrogens is 1.